The number of hydrogen-bond acceptors (Lipinski definition) is 4. The van der Waals surface area contributed by atoms with E-state index in [9.17, 15) is 9.18 Å². The molecule has 0 spiro atoms. The summed E-state index contributed by atoms with van der Waals surface area (Å²) in [6.45, 7) is 0.346. The van der Waals surface area contributed by atoms with Gasteiger partial charge < -0.3 is 5.32 Å². The Kier molecular flexibility index (Phi) is 5.17. The van der Waals surface area contributed by atoms with Crippen molar-refractivity contribution < 1.29 is 9.18 Å². The van der Waals surface area contributed by atoms with Crippen molar-refractivity contribution in [3.8, 4) is 11.4 Å². The molecule has 0 atom stereocenters. The number of aromatic nitrogens is 2. The molecule has 3 aromatic rings. The number of rotatable bonds is 5. The first-order chi connectivity index (χ1) is 11.6. The van der Waals surface area contributed by atoms with E-state index >= 15 is 0 Å². The highest BCUT2D eigenvalue weighted by Crippen LogP contribution is 2.20. The van der Waals surface area contributed by atoms with Crippen LogP contribution in [-0.4, -0.2) is 22.4 Å². The lowest BCUT2D eigenvalue weighted by Crippen LogP contribution is -2.26. The van der Waals surface area contributed by atoms with E-state index in [1.165, 1.54) is 29.5 Å². The molecule has 2 heterocycles. The van der Waals surface area contributed by atoms with Crippen molar-refractivity contribution in [3.05, 3.63) is 69.4 Å². The van der Waals surface area contributed by atoms with Crippen LogP contribution < -0.4 is 5.32 Å². The number of nitrogens with one attached hydrogen (secondary N) is 1. The maximum atomic E-state index is 13.7. The number of benzene rings is 1. The van der Waals surface area contributed by atoms with Gasteiger partial charge in [-0.2, -0.15) is 0 Å². The molecule has 1 N–H and O–H groups in total. The molecule has 0 bridgehead atoms. The molecule has 1 amide bonds. The summed E-state index contributed by atoms with van der Waals surface area (Å²) < 4.78 is 13.7. The van der Waals surface area contributed by atoms with E-state index in [-0.39, 0.29) is 10.6 Å². The summed E-state index contributed by atoms with van der Waals surface area (Å²) >= 11 is 7.37. The number of carbonyl (C=O) groups excluding carboxylic acids is 1. The lowest BCUT2D eigenvalue weighted by atomic mass is 10.2. The van der Waals surface area contributed by atoms with Gasteiger partial charge in [0.05, 0.1) is 27.0 Å². The van der Waals surface area contributed by atoms with Crippen LogP contribution in [0, 0.1) is 5.82 Å². The van der Waals surface area contributed by atoms with Crippen LogP contribution in [-0.2, 0) is 6.42 Å². The van der Waals surface area contributed by atoms with Crippen molar-refractivity contribution in [1.82, 2.24) is 15.3 Å². The first-order valence-electron chi connectivity index (χ1n) is 7.23. The summed E-state index contributed by atoms with van der Waals surface area (Å²) in [5.74, 6) is -1.16. The zero-order chi connectivity index (χ0) is 16.9. The molecule has 1 aromatic carbocycles. The largest absolute Gasteiger partial charge is 0.351 e. The molecule has 122 valence electrons. The Bertz CT molecular complexity index is 834. The molecule has 0 unspecified atom stereocenters. The minimum Gasteiger partial charge on any atom is -0.351 e. The van der Waals surface area contributed by atoms with Gasteiger partial charge in [0.1, 0.15) is 5.82 Å². The van der Waals surface area contributed by atoms with E-state index in [2.05, 4.69) is 15.3 Å². The van der Waals surface area contributed by atoms with Gasteiger partial charge in [-0.3, -0.25) is 9.78 Å². The lowest BCUT2D eigenvalue weighted by molar-refractivity contribution is 0.0950. The summed E-state index contributed by atoms with van der Waals surface area (Å²) in [5.41, 5.74) is 1.48. The predicted octanol–water partition coefficient (Wildman–Crippen LogP) is 3.97. The van der Waals surface area contributed by atoms with Gasteiger partial charge >= 0.3 is 0 Å². The van der Waals surface area contributed by atoms with Crippen LogP contribution in [0.5, 0.6) is 0 Å². The van der Waals surface area contributed by atoms with E-state index in [0.717, 1.165) is 16.4 Å². The monoisotopic (exact) mass is 361 g/mol. The van der Waals surface area contributed by atoms with Crippen LogP contribution in [0.2, 0.25) is 5.02 Å². The van der Waals surface area contributed by atoms with Crippen LogP contribution in [0.25, 0.3) is 11.4 Å². The second-order valence-corrected chi connectivity index (χ2v) is 6.29. The molecule has 0 radical (unpaired) electrons. The maximum Gasteiger partial charge on any atom is 0.255 e. The smallest absolute Gasteiger partial charge is 0.255 e. The fourth-order valence-corrected chi connectivity index (χ4v) is 3.18. The molecule has 2 aromatic heterocycles. The van der Waals surface area contributed by atoms with Gasteiger partial charge in [-0.15, -0.1) is 11.3 Å². The van der Waals surface area contributed by atoms with E-state index in [0.29, 0.717) is 13.0 Å². The Morgan fingerprint density at radius 1 is 1.21 bits per heavy atom. The van der Waals surface area contributed by atoms with Crippen molar-refractivity contribution in [2.24, 2.45) is 0 Å². The van der Waals surface area contributed by atoms with Gasteiger partial charge in [0.25, 0.3) is 5.91 Å². The summed E-state index contributed by atoms with van der Waals surface area (Å²) in [6, 6.07) is 9.80. The Labute approximate surface area is 147 Å². The van der Waals surface area contributed by atoms with Crippen LogP contribution in [0.1, 0.15) is 15.4 Å². The first-order valence-corrected chi connectivity index (χ1v) is 8.49. The van der Waals surface area contributed by atoms with Crippen molar-refractivity contribution in [2.45, 2.75) is 6.42 Å². The molecular formula is C17H13ClFN3OS. The zero-order valence-electron chi connectivity index (χ0n) is 12.5. The van der Waals surface area contributed by atoms with Gasteiger partial charge in [-0.05, 0) is 24.3 Å². The summed E-state index contributed by atoms with van der Waals surface area (Å²) in [7, 11) is 0. The molecule has 3 rings (SSSR count). The number of nitrogens with zero attached hydrogens (tertiary/aromatic N) is 2. The summed E-state index contributed by atoms with van der Waals surface area (Å²) in [4.78, 5) is 20.8. The number of thiazole rings is 1. The third-order valence-corrected chi connectivity index (χ3v) is 4.52. The molecule has 7 heteroatoms. The van der Waals surface area contributed by atoms with Gasteiger partial charge in [0.15, 0.2) is 0 Å². The number of halogens is 2. The second kappa shape index (κ2) is 7.51. The molecule has 0 saturated heterocycles. The minimum absolute atomic E-state index is 0.0965. The predicted molar refractivity (Wildman–Crippen MR) is 92.8 cm³/mol. The molecule has 0 aliphatic carbocycles. The van der Waals surface area contributed by atoms with Crippen LogP contribution in [0.15, 0.2) is 48.0 Å². The zero-order valence-corrected chi connectivity index (χ0v) is 14.1. The highest BCUT2D eigenvalue weighted by atomic mass is 35.5. The van der Waals surface area contributed by atoms with Crippen molar-refractivity contribution in [3.63, 3.8) is 0 Å². The lowest BCUT2D eigenvalue weighted by Gasteiger charge is -2.06. The number of carbonyl (C=O) groups is 1. The fraction of sp³-hybridized carbons (Fsp3) is 0.118. The van der Waals surface area contributed by atoms with Gasteiger partial charge in [0.2, 0.25) is 0 Å². The first kappa shape index (κ1) is 16.5. The third-order valence-electron chi connectivity index (χ3n) is 3.29. The normalized spacial score (nSPS) is 10.6. The standard InChI is InChI=1S/C17H13ClFN3OS/c18-11-4-3-5-12(19)16(11)17(23)21-9-7-15-22-14(10-24-15)13-6-1-2-8-20-13/h1-6,8,10H,7,9H2,(H,21,23). The Morgan fingerprint density at radius 3 is 2.83 bits per heavy atom. The molecule has 0 saturated carbocycles. The van der Waals surface area contributed by atoms with Crippen molar-refractivity contribution >= 4 is 28.8 Å². The minimum atomic E-state index is -0.633. The SMILES string of the molecule is O=C(NCCc1nc(-c2ccccn2)cs1)c1c(F)cccc1Cl. The van der Waals surface area contributed by atoms with Crippen molar-refractivity contribution in [2.75, 3.05) is 6.54 Å². The Morgan fingerprint density at radius 2 is 2.08 bits per heavy atom. The molecular weight excluding hydrogens is 349 g/mol. The van der Waals surface area contributed by atoms with Gasteiger partial charge in [-0.25, -0.2) is 9.37 Å². The highest BCUT2D eigenvalue weighted by molar-refractivity contribution is 7.09. The Hall–Kier alpha value is -2.31. The van der Waals surface area contributed by atoms with Crippen LogP contribution in [0.3, 0.4) is 0 Å². The second-order valence-electron chi connectivity index (χ2n) is 4.94. The van der Waals surface area contributed by atoms with Gasteiger partial charge in [-0.1, -0.05) is 23.7 Å². The number of hydrogen-bond donors (Lipinski definition) is 1. The molecule has 0 aliphatic rings. The molecule has 0 aliphatic heterocycles. The molecule has 0 fully saturated rings. The molecule has 4 nitrogen and oxygen atoms in total. The van der Waals surface area contributed by atoms with E-state index in [1.54, 1.807) is 6.20 Å². The summed E-state index contributed by atoms with van der Waals surface area (Å²) in [6.07, 6.45) is 2.27. The maximum absolute atomic E-state index is 13.7. The Balaban J connectivity index is 1.59. The van der Waals surface area contributed by atoms with E-state index in [4.69, 9.17) is 11.6 Å². The van der Waals surface area contributed by atoms with E-state index in [1.807, 2.05) is 23.6 Å². The quantitative estimate of drug-likeness (QED) is 0.748. The summed E-state index contributed by atoms with van der Waals surface area (Å²) in [5, 5.41) is 5.56. The van der Waals surface area contributed by atoms with E-state index < -0.39 is 11.7 Å². The third kappa shape index (κ3) is 3.77. The average molecular weight is 362 g/mol. The van der Waals surface area contributed by atoms with Crippen molar-refractivity contribution in [1.29, 1.82) is 0 Å². The number of amides is 1. The van der Waals surface area contributed by atoms with Gasteiger partial charge in [0, 0.05) is 24.5 Å². The highest BCUT2D eigenvalue weighted by Gasteiger charge is 2.15. The average Bonchev–Trinajstić information content (AvgIpc) is 3.04. The van der Waals surface area contributed by atoms with Crippen LogP contribution in [0.4, 0.5) is 4.39 Å². The number of pyridine rings is 1. The topological polar surface area (TPSA) is 54.9 Å². The fourth-order valence-electron chi connectivity index (χ4n) is 2.14. The van der Waals surface area contributed by atoms with Crippen LogP contribution >= 0.6 is 22.9 Å². The molecule has 24 heavy (non-hydrogen) atoms.